The summed E-state index contributed by atoms with van der Waals surface area (Å²) in [5.74, 6) is 0.605. The number of aryl methyl sites for hydroxylation is 2. The van der Waals surface area contributed by atoms with Crippen LogP contribution in [0.25, 0.3) is 11.4 Å². The molecule has 0 aromatic carbocycles. The Labute approximate surface area is 93.4 Å². The van der Waals surface area contributed by atoms with Gasteiger partial charge in [0.1, 0.15) is 5.82 Å². The van der Waals surface area contributed by atoms with Crippen molar-refractivity contribution < 1.29 is 0 Å². The van der Waals surface area contributed by atoms with Crippen molar-refractivity contribution in [2.75, 3.05) is 0 Å². The van der Waals surface area contributed by atoms with Gasteiger partial charge in [-0.25, -0.2) is 4.98 Å². The first-order valence-electron chi connectivity index (χ1n) is 5.08. The molecule has 0 saturated carbocycles. The summed E-state index contributed by atoms with van der Waals surface area (Å²) in [5.41, 5.74) is 3.24. The van der Waals surface area contributed by atoms with Gasteiger partial charge in [0.05, 0.1) is 0 Å². The van der Waals surface area contributed by atoms with E-state index in [1.54, 1.807) is 19.3 Å². The maximum absolute atomic E-state index is 11.6. The monoisotopic (exact) mass is 215 g/mol. The zero-order chi connectivity index (χ0) is 11.7. The van der Waals surface area contributed by atoms with Crippen LogP contribution in [0.2, 0.25) is 0 Å². The van der Waals surface area contributed by atoms with Crippen LogP contribution in [0.3, 0.4) is 0 Å². The lowest BCUT2D eigenvalue weighted by Gasteiger charge is -2.06. The summed E-state index contributed by atoms with van der Waals surface area (Å²) in [6, 6.07) is 1.85. The van der Waals surface area contributed by atoms with E-state index >= 15 is 0 Å². The standard InChI is InChI=1S/C12H13N3O/c1-7-6-13-5-4-10(7)11-14-9(3)8(2)12(16)15-11/h4-6H,1-3H3,(H,14,15,16). The van der Waals surface area contributed by atoms with Crippen LogP contribution in [-0.2, 0) is 0 Å². The summed E-state index contributed by atoms with van der Waals surface area (Å²) in [6.45, 7) is 5.55. The molecule has 1 N–H and O–H groups in total. The van der Waals surface area contributed by atoms with Crippen molar-refractivity contribution in [3.8, 4) is 11.4 Å². The van der Waals surface area contributed by atoms with Gasteiger partial charge in [0.2, 0.25) is 0 Å². The van der Waals surface area contributed by atoms with Gasteiger partial charge < -0.3 is 4.98 Å². The number of aromatic amines is 1. The molecule has 4 heteroatoms. The van der Waals surface area contributed by atoms with Crippen LogP contribution < -0.4 is 5.56 Å². The molecule has 0 spiro atoms. The van der Waals surface area contributed by atoms with E-state index in [1.807, 2.05) is 19.9 Å². The van der Waals surface area contributed by atoms with Crippen LogP contribution >= 0.6 is 0 Å². The van der Waals surface area contributed by atoms with Crippen LogP contribution in [0.4, 0.5) is 0 Å². The molecule has 2 rings (SSSR count). The van der Waals surface area contributed by atoms with Crippen molar-refractivity contribution in [1.82, 2.24) is 15.0 Å². The average molecular weight is 215 g/mol. The smallest absolute Gasteiger partial charge is 0.254 e. The van der Waals surface area contributed by atoms with Crippen molar-refractivity contribution in [2.24, 2.45) is 0 Å². The molecule has 0 bridgehead atoms. The molecular formula is C12H13N3O. The summed E-state index contributed by atoms with van der Waals surface area (Å²) in [7, 11) is 0. The molecule has 4 nitrogen and oxygen atoms in total. The highest BCUT2D eigenvalue weighted by Gasteiger charge is 2.07. The Balaban J connectivity index is 2.67. The number of H-pyrrole nitrogens is 1. The molecule has 0 radical (unpaired) electrons. The minimum Gasteiger partial charge on any atom is -0.306 e. The fraction of sp³-hybridized carbons (Fsp3) is 0.250. The predicted molar refractivity (Wildman–Crippen MR) is 62.3 cm³/mol. The lowest BCUT2D eigenvalue weighted by molar-refractivity contribution is 1.03. The van der Waals surface area contributed by atoms with Crippen molar-refractivity contribution in [1.29, 1.82) is 0 Å². The Morgan fingerprint density at radius 3 is 2.62 bits per heavy atom. The lowest BCUT2D eigenvalue weighted by Crippen LogP contribution is -2.14. The Hall–Kier alpha value is -1.97. The Morgan fingerprint density at radius 1 is 1.25 bits per heavy atom. The number of aromatic nitrogens is 3. The minimum absolute atomic E-state index is 0.0845. The number of nitrogens with one attached hydrogen (secondary N) is 1. The summed E-state index contributed by atoms with van der Waals surface area (Å²) in [4.78, 5) is 22.8. The second kappa shape index (κ2) is 3.89. The van der Waals surface area contributed by atoms with Crippen molar-refractivity contribution in [2.45, 2.75) is 20.8 Å². The fourth-order valence-corrected chi connectivity index (χ4v) is 1.51. The summed E-state index contributed by atoms with van der Waals surface area (Å²) in [6.07, 6.45) is 3.45. The Bertz CT molecular complexity index is 587. The van der Waals surface area contributed by atoms with Crippen molar-refractivity contribution in [3.63, 3.8) is 0 Å². The molecule has 0 atom stereocenters. The van der Waals surface area contributed by atoms with E-state index in [0.29, 0.717) is 11.4 Å². The molecule has 0 aliphatic rings. The van der Waals surface area contributed by atoms with E-state index in [0.717, 1.165) is 16.8 Å². The minimum atomic E-state index is -0.0845. The second-order valence-corrected chi connectivity index (χ2v) is 3.82. The largest absolute Gasteiger partial charge is 0.306 e. The Morgan fingerprint density at radius 2 is 2.00 bits per heavy atom. The topological polar surface area (TPSA) is 58.6 Å². The second-order valence-electron chi connectivity index (χ2n) is 3.82. The molecule has 2 heterocycles. The highest BCUT2D eigenvalue weighted by Crippen LogP contribution is 2.17. The van der Waals surface area contributed by atoms with Gasteiger partial charge in [-0.1, -0.05) is 0 Å². The van der Waals surface area contributed by atoms with Gasteiger partial charge in [-0.2, -0.15) is 0 Å². The number of nitrogens with zero attached hydrogens (tertiary/aromatic N) is 2. The highest BCUT2D eigenvalue weighted by atomic mass is 16.1. The van der Waals surface area contributed by atoms with Crippen LogP contribution in [0.5, 0.6) is 0 Å². The molecule has 0 amide bonds. The molecule has 0 aliphatic carbocycles. The van der Waals surface area contributed by atoms with E-state index < -0.39 is 0 Å². The van der Waals surface area contributed by atoms with Crippen molar-refractivity contribution in [3.05, 3.63) is 45.6 Å². The summed E-state index contributed by atoms with van der Waals surface area (Å²) in [5, 5.41) is 0. The van der Waals surface area contributed by atoms with E-state index in [-0.39, 0.29) is 5.56 Å². The Kier molecular flexibility index (Phi) is 2.56. The SMILES string of the molecule is Cc1cnccc1-c1nc(C)c(C)c(=O)[nH]1. The molecule has 82 valence electrons. The molecule has 2 aromatic heterocycles. The molecule has 0 fully saturated rings. The zero-order valence-electron chi connectivity index (χ0n) is 9.53. The normalized spacial score (nSPS) is 10.4. The third-order valence-corrected chi connectivity index (χ3v) is 2.67. The molecule has 16 heavy (non-hydrogen) atoms. The molecule has 0 saturated heterocycles. The quantitative estimate of drug-likeness (QED) is 0.788. The van der Waals surface area contributed by atoms with Gasteiger partial charge in [-0.3, -0.25) is 9.78 Å². The van der Waals surface area contributed by atoms with Crippen molar-refractivity contribution >= 4 is 0 Å². The fourth-order valence-electron chi connectivity index (χ4n) is 1.51. The van der Waals surface area contributed by atoms with E-state index in [1.165, 1.54) is 0 Å². The van der Waals surface area contributed by atoms with Crippen LogP contribution in [0.15, 0.2) is 23.3 Å². The lowest BCUT2D eigenvalue weighted by atomic mass is 10.1. The van der Waals surface area contributed by atoms with Gasteiger partial charge in [-0.05, 0) is 32.4 Å². The number of hydrogen-bond donors (Lipinski definition) is 1. The van der Waals surface area contributed by atoms with E-state index in [2.05, 4.69) is 15.0 Å². The predicted octanol–water partition coefficient (Wildman–Crippen LogP) is 1.76. The van der Waals surface area contributed by atoms with Gasteiger partial charge in [0, 0.05) is 29.2 Å². The summed E-state index contributed by atoms with van der Waals surface area (Å²) >= 11 is 0. The number of rotatable bonds is 1. The van der Waals surface area contributed by atoms with Gasteiger partial charge in [-0.15, -0.1) is 0 Å². The maximum atomic E-state index is 11.6. The highest BCUT2D eigenvalue weighted by molar-refractivity contribution is 5.58. The van der Waals surface area contributed by atoms with Gasteiger partial charge in [0.15, 0.2) is 0 Å². The van der Waals surface area contributed by atoms with Crippen LogP contribution in [-0.4, -0.2) is 15.0 Å². The first-order chi connectivity index (χ1) is 7.59. The zero-order valence-corrected chi connectivity index (χ0v) is 9.53. The van der Waals surface area contributed by atoms with Crippen LogP contribution in [0.1, 0.15) is 16.8 Å². The molecular weight excluding hydrogens is 202 g/mol. The van der Waals surface area contributed by atoms with Gasteiger partial charge >= 0.3 is 0 Å². The van der Waals surface area contributed by atoms with E-state index in [4.69, 9.17) is 0 Å². The molecule has 0 aliphatic heterocycles. The first-order valence-corrected chi connectivity index (χ1v) is 5.08. The maximum Gasteiger partial charge on any atom is 0.254 e. The first kappa shape index (κ1) is 10.5. The third kappa shape index (κ3) is 1.74. The third-order valence-electron chi connectivity index (χ3n) is 2.67. The average Bonchev–Trinajstić information content (AvgIpc) is 2.26. The van der Waals surface area contributed by atoms with E-state index in [9.17, 15) is 4.79 Å². The number of pyridine rings is 1. The molecule has 0 unspecified atom stereocenters. The summed E-state index contributed by atoms with van der Waals surface area (Å²) < 4.78 is 0. The molecule has 2 aromatic rings. The van der Waals surface area contributed by atoms with Gasteiger partial charge in [0.25, 0.3) is 5.56 Å². The number of hydrogen-bond acceptors (Lipinski definition) is 3. The van der Waals surface area contributed by atoms with Crippen LogP contribution in [0, 0.1) is 20.8 Å².